The molecule has 1 fully saturated rings. The highest BCUT2D eigenvalue weighted by Gasteiger charge is 2.31. The highest BCUT2D eigenvalue weighted by molar-refractivity contribution is 8.00. The number of hydrogen-bond acceptors (Lipinski definition) is 5. The molecule has 1 aliphatic heterocycles. The van der Waals surface area contributed by atoms with Gasteiger partial charge in [-0.05, 0) is 13.0 Å². The van der Waals surface area contributed by atoms with Crippen LogP contribution in [-0.2, 0) is 0 Å². The van der Waals surface area contributed by atoms with E-state index in [1.165, 1.54) is 12.1 Å². The van der Waals surface area contributed by atoms with Crippen LogP contribution in [0.1, 0.15) is 24.2 Å². The molecule has 0 spiro atoms. The van der Waals surface area contributed by atoms with Crippen LogP contribution < -0.4 is 5.73 Å². The standard InChI is InChI=1S/C13H16ClN3O3S/c1-7-8(2)21-4-3-16(7)13(18)9-5-10(14)12(15)11(6-9)17(19)20/h5-8H,3-4,15H2,1-2H3. The Kier molecular flexibility index (Phi) is 4.63. The van der Waals surface area contributed by atoms with E-state index in [1.807, 2.05) is 18.7 Å². The molecule has 2 N–H and O–H groups in total. The van der Waals surface area contributed by atoms with Crippen molar-refractivity contribution in [3.8, 4) is 0 Å². The summed E-state index contributed by atoms with van der Waals surface area (Å²) < 4.78 is 0. The van der Waals surface area contributed by atoms with Gasteiger partial charge >= 0.3 is 0 Å². The van der Waals surface area contributed by atoms with E-state index in [1.54, 1.807) is 4.90 Å². The average Bonchev–Trinajstić information content (AvgIpc) is 2.43. The van der Waals surface area contributed by atoms with Crippen LogP contribution in [0, 0.1) is 10.1 Å². The number of nitro benzene ring substituents is 1. The zero-order valence-corrected chi connectivity index (χ0v) is 13.3. The summed E-state index contributed by atoms with van der Waals surface area (Å²) in [6.45, 7) is 4.65. The molecule has 0 aromatic heterocycles. The fourth-order valence-corrected chi connectivity index (χ4v) is 3.58. The molecule has 1 aliphatic rings. The van der Waals surface area contributed by atoms with E-state index in [2.05, 4.69) is 6.92 Å². The molecule has 114 valence electrons. The first-order valence-electron chi connectivity index (χ1n) is 6.49. The zero-order valence-electron chi connectivity index (χ0n) is 11.7. The normalized spacial score (nSPS) is 22.1. The lowest BCUT2D eigenvalue weighted by molar-refractivity contribution is -0.383. The molecular formula is C13H16ClN3O3S. The Balaban J connectivity index is 2.37. The van der Waals surface area contributed by atoms with Gasteiger partial charge in [-0.15, -0.1) is 0 Å². The number of halogens is 1. The van der Waals surface area contributed by atoms with Crippen molar-refractivity contribution >= 4 is 40.6 Å². The molecule has 2 unspecified atom stereocenters. The Hall–Kier alpha value is -1.47. The quantitative estimate of drug-likeness (QED) is 0.512. The molecule has 2 atom stereocenters. The van der Waals surface area contributed by atoms with Crippen LogP contribution in [0.5, 0.6) is 0 Å². The van der Waals surface area contributed by atoms with Gasteiger partial charge in [0, 0.05) is 35.2 Å². The summed E-state index contributed by atoms with van der Waals surface area (Å²) >= 11 is 7.71. The summed E-state index contributed by atoms with van der Waals surface area (Å²) in [6.07, 6.45) is 0. The zero-order chi connectivity index (χ0) is 15.7. The first kappa shape index (κ1) is 15.9. The minimum Gasteiger partial charge on any atom is -0.392 e. The van der Waals surface area contributed by atoms with Gasteiger partial charge in [0.05, 0.1) is 9.95 Å². The van der Waals surface area contributed by atoms with Crippen LogP contribution in [0.15, 0.2) is 12.1 Å². The highest BCUT2D eigenvalue weighted by Crippen LogP contribution is 2.32. The maximum Gasteiger partial charge on any atom is 0.294 e. The molecule has 1 amide bonds. The van der Waals surface area contributed by atoms with E-state index in [-0.39, 0.29) is 33.9 Å². The van der Waals surface area contributed by atoms with Crippen LogP contribution >= 0.6 is 23.4 Å². The highest BCUT2D eigenvalue weighted by atomic mass is 35.5. The number of benzene rings is 1. The Morgan fingerprint density at radius 1 is 1.52 bits per heavy atom. The van der Waals surface area contributed by atoms with Crippen molar-refractivity contribution in [3.63, 3.8) is 0 Å². The molecule has 0 aliphatic carbocycles. The van der Waals surface area contributed by atoms with Gasteiger partial charge in [-0.2, -0.15) is 11.8 Å². The van der Waals surface area contributed by atoms with E-state index in [9.17, 15) is 14.9 Å². The van der Waals surface area contributed by atoms with Crippen molar-refractivity contribution in [3.05, 3.63) is 32.8 Å². The third-order valence-electron chi connectivity index (χ3n) is 3.70. The maximum absolute atomic E-state index is 12.6. The Bertz CT molecular complexity index is 596. The Labute approximate surface area is 131 Å². The molecular weight excluding hydrogens is 314 g/mol. The summed E-state index contributed by atoms with van der Waals surface area (Å²) in [5, 5.41) is 11.3. The van der Waals surface area contributed by atoms with Gasteiger partial charge in [0.1, 0.15) is 5.69 Å². The average molecular weight is 330 g/mol. The lowest BCUT2D eigenvalue weighted by Gasteiger charge is -2.37. The fourth-order valence-electron chi connectivity index (χ4n) is 2.26. The van der Waals surface area contributed by atoms with Crippen molar-refractivity contribution in [1.29, 1.82) is 0 Å². The number of anilines is 1. The molecule has 1 aromatic carbocycles. The van der Waals surface area contributed by atoms with Crippen LogP contribution in [0.4, 0.5) is 11.4 Å². The molecule has 1 aromatic rings. The first-order chi connectivity index (χ1) is 9.82. The summed E-state index contributed by atoms with van der Waals surface area (Å²) in [5.41, 5.74) is 5.33. The number of thioether (sulfide) groups is 1. The molecule has 2 rings (SSSR count). The lowest BCUT2D eigenvalue weighted by atomic mass is 10.1. The van der Waals surface area contributed by atoms with E-state index < -0.39 is 4.92 Å². The Morgan fingerprint density at radius 2 is 2.19 bits per heavy atom. The number of nitro groups is 1. The van der Waals surface area contributed by atoms with E-state index >= 15 is 0 Å². The number of nitrogen functional groups attached to an aromatic ring is 1. The van der Waals surface area contributed by atoms with E-state index in [4.69, 9.17) is 17.3 Å². The first-order valence-corrected chi connectivity index (χ1v) is 7.91. The van der Waals surface area contributed by atoms with Gasteiger partial charge in [0.25, 0.3) is 11.6 Å². The van der Waals surface area contributed by atoms with Crippen LogP contribution in [-0.4, -0.2) is 39.3 Å². The number of rotatable bonds is 2. The molecule has 0 bridgehead atoms. The monoisotopic (exact) mass is 329 g/mol. The number of amides is 1. The smallest absolute Gasteiger partial charge is 0.294 e. The predicted octanol–water partition coefficient (Wildman–Crippen LogP) is 2.80. The topological polar surface area (TPSA) is 89.5 Å². The van der Waals surface area contributed by atoms with Gasteiger partial charge in [-0.3, -0.25) is 14.9 Å². The molecule has 1 heterocycles. The predicted molar refractivity (Wildman–Crippen MR) is 84.9 cm³/mol. The second-order valence-electron chi connectivity index (χ2n) is 4.96. The van der Waals surface area contributed by atoms with Crippen molar-refractivity contribution in [1.82, 2.24) is 4.90 Å². The minimum absolute atomic E-state index is 0.0274. The summed E-state index contributed by atoms with van der Waals surface area (Å²) in [5.74, 6) is 0.599. The molecule has 8 heteroatoms. The number of hydrogen-bond donors (Lipinski definition) is 1. The molecule has 0 radical (unpaired) electrons. The third-order valence-corrected chi connectivity index (χ3v) is 5.35. The van der Waals surface area contributed by atoms with Gasteiger partial charge in [-0.25, -0.2) is 0 Å². The van der Waals surface area contributed by atoms with Crippen molar-refractivity contribution < 1.29 is 9.72 Å². The maximum atomic E-state index is 12.6. The molecule has 6 nitrogen and oxygen atoms in total. The molecule has 21 heavy (non-hydrogen) atoms. The molecule has 1 saturated heterocycles. The minimum atomic E-state index is -0.629. The Morgan fingerprint density at radius 3 is 2.81 bits per heavy atom. The van der Waals surface area contributed by atoms with Crippen LogP contribution in [0.2, 0.25) is 5.02 Å². The van der Waals surface area contributed by atoms with Crippen molar-refractivity contribution in [2.45, 2.75) is 25.1 Å². The van der Waals surface area contributed by atoms with E-state index in [0.29, 0.717) is 11.8 Å². The van der Waals surface area contributed by atoms with Crippen LogP contribution in [0.3, 0.4) is 0 Å². The number of carbonyl (C=O) groups excluding carboxylic acids is 1. The van der Waals surface area contributed by atoms with Gasteiger partial charge in [0.2, 0.25) is 0 Å². The summed E-state index contributed by atoms with van der Waals surface area (Å²) in [6, 6.07) is 2.65. The second-order valence-corrected chi connectivity index (χ2v) is 6.86. The molecule has 0 saturated carbocycles. The largest absolute Gasteiger partial charge is 0.392 e. The van der Waals surface area contributed by atoms with Gasteiger partial charge in [-0.1, -0.05) is 18.5 Å². The summed E-state index contributed by atoms with van der Waals surface area (Å²) in [7, 11) is 0. The number of nitrogens with two attached hydrogens (primary N) is 1. The van der Waals surface area contributed by atoms with Crippen molar-refractivity contribution in [2.75, 3.05) is 18.0 Å². The van der Waals surface area contributed by atoms with Gasteiger partial charge < -0.3 is 10.6 Å². The fraction of sp³-hybridized carbons (Fsp3) is 0.462. The SMILES string of the molecule is CC1SCCN(C(=O)c2cc(Cl)c(N)c([N+](=O)[O-])c2)C1C. The van der Waals surface area contributed by atoms with Crippen LogP contribution in [0.25, 0.3) is 0 Å². The van der Waals surface area contributed by atoms with E-state index in [0.717, 1.165) is 5.75 Å². The second kappa shape index (κ2) is 6.11. The third kappa shape index (κ3) is 3.08. The number of carbonyl (C=O) groups is 1. The van der Waals surface area contributed by atoms with Crippen molar-refractivity contribution in [2.24, 2.45) is 0 Å². The summed E-state index contributed by atoms with van der Waals surface area (Å²) in [4.78, 5) is 24.7. The van der Waals surface area contributed by atoms with Gasteiger partial charge in [0.15, 0.2) is 0 Å². The lowest BCUT2D eigenvalue weighted by Crippen LogP contribution is -2.47. The number of nitrogens with zero attached hydrogens (tertiary/aromatic N) is 2.